The molecule has 0 aliphatic heterocycles. The molecule has 1 fully saturated rings. The molecule has 1 aliphatic rings. The fraction of sp³-hybridized carbons (Fsp3) is 0.636. The van der Waals surface area contributed by atoms with Crippen molar-refractivity contribution in [2.45, 2.75) is 39.2 Å². The smallest absolute Gasteiger partial charge is 0.134 e. The summed E-state index contributed by atoms with van der Waals surface area (Å²) in [6, 6.07) is 1.79. The molecule has 0 unspecified atom stereocenters. The number of aromatic nitrogens is 2. The predicted octanol–water partition coefficient (Wildman–Crippen LogP) is 3.04. The minimum absolute atomic E-state index is 0.240. The summed E-state index contributed by atoms with van der Waals surface area (Å²) in [5, 5.41) is 3.98. The van der Waals surface area contributed by atoms with E-state index in [-0.39, 0.29) is 5.54 Å². The molecule has 0 spiro atoms. The molecule has 1 saturated carbocycles. The lowest BCUT2D eigenvalue weighted by molar-refractivity contribution is 0.510. The highest BCUT2D eigenvalue weighted by molar-refractivity contribution is 6.29. The Hall–Kier alpha value is -0.830. The van der Waals surface area contributed by atoms with Gasteiger partial charge in [0, 0.05) is 11.6 Å². The third-order valence-corrected chi connectivity index (χ3v) is 3.27. The second-order valence-corrected chi connectivity index (χ2v) is 4.95. The number of anilines is 1. The van der Waals surface area contributed by atoms with Crippen LogP contribution in [0.3, 0.4) is 0 Å². The van der Waals surface area contributed by atoms with E-state index in [0.29, 0.717) is 16.9 Å². The Bertz CT molecular complexity index is 352. The van der Waals surface area contributed by atoms with Gasteiger partial charge < -0.3 is 5.32 Å². The van der Waals surface area contributed by atoms with E-state index >= 15 is 0 Å². The SMILES string of the molecule is Cc1nc(Cl)cc(NC2(C(C)C)CC2)n1. The highest BCUT2D eigenvalue weighted by Gasteiger charge is 2.45. The first-order chi connectivity index (χ1) is 7.02. The summed E-state index contributed by atoms with van der Waals surface area (Å²) in [6.45, 7) is 6.32. The van der Waals surface area contributed by atoms with E-state index in [1.54, 1.807) is 6.07 Å². The molecule has 4 heteroatoms. The van der Waals surface area contributed by atoms with Crippen LogP contribution in [0.4, 0.5) is 5.82 Å². The topological polar surface area (TPSA) is 37.8 Å². The number of nitrogens with zero attached hydrogens (tertiary/aromatic N) is 2. The minimum Gasteiger partial charge on any atom is -0.364 e. The van der Waals surface area contributed by atoms with Gasteiger partial charge in [-0.1, -0.05) is 25.4 Å². The third kappa shape index (κ3) is 2.23. The van der Waals surface area contributed by atoms with E-state index in [0.717, 1.165) is 5.82 Å². The van der Waals surface area contributed by atoms with Crippen molar-refractivity contribution in [1.82, 2.24) is 9.97 Å². The van der Waals surface area contributed by atoms with Crippen molar-refractivity contribution in [2.24, 2.45) is 5.92 Å². The molecule has 0 saturated heterocycles. The number of hydrogen-bond acceptors (Lipinski definition) is 3. The lowest BCUT2D eigenvalue weighted by Gasteiger charge is -2.22. The summed E-state index contributed by atoms with van der Waals surface area (Å²) in [5.41, 5.74) is 0.240. The first kappa shape index (κ1) is 10.7. The second-order valence-electron chi connectivity index (χ2n) is 4.56. The summed E-state index contributed by atoms with van der Waals surface area (Å²) in [5.74, 6) is 2.18. The zero-order chi connectivity index (χ0) is 11.1. The van der Waals surface area contributed by atoms with Gasteiger partial charge in [-0.2, -0.15) is 0 Å². The fourth-order valence-electron chi connectivity index (χ4n) is 1.83. The Balaban J connectivity index is 2.17. The second kappa shape index (κ2) is 3.63. The highest BCUT2D eigenvalue weighted by atomic mass is 35.5. The molecule has 1 N–H and O–H groups in total. The Labute approximate surface area is 95.3 Å². The average Bonchev–Trinajstić information content (AvgIpc) is 2.83. The fourth-order valence-corrected chi connectivity index (χ4v) is 2.06. The van der Waals surface area contributed by atoms with Gasteiger partial charge in [0.25, 0.3) is 0 Å². The summed E-state index contributed by atoms with van der Waals surface area (Å²) < 4.78 is 0. The van der Waals surface area contributed by atoms with Crippen LogP contribution in [0.1, 0.15) is 32.5 Å². The zero-order valence-corrected chi connectivity index (χ0v) is 10.1. The lowest BCUT2D eigenvalue weighted by Crippen LogP contribution is -2.28. The summed E-state index contributed by atoms with van der Waals surface area (Å²) >= 11 is 5.89. The van der Waals surface area contributed by atoms with Crippen molar-refractivity contribution in [1.29, 1.82) is 0 Å². The van der Waals surface area contributed by atoms with Crippen molar-refractivity contribution in [3.8, 4) is 0 Å². The first-order valence-corrected chi connectivity index (χ1v) is 5.69. The van der Waals surface area contributed by atoms with Crippen molar-refractivity contribution in [3.05, 3.63) is 17.0 Å². The van der Waals surface area contributed by atoms with Gasteiger partial charge >= 0.3 is 0 Å². The van der Waals surface area contributed by atoms with E-state index in [4.69, 9.17) is 11.6 Å². The number of hydrogen-bond donors (Lipinski definition) is 1. The molecule has 0 amide bonds. The molecule has 15 heavy (non-hydrogen) atoms. The summed E-state index contributed by atoms with van der Waals surface area (Å²) in [4.78, 5) is 8.38. The molecule has 1 aromatic rings. The van der Waals surface area contributed by atoms with Gasteiger partial charge in [-0.25, -0.2) is 9.97 Å². The van der Waals surface area contributed by atoms with Crippen LogP contribution in [0.25, 0.3) is 0 Å². The van der Waals surface area contributed by atoms with Crippen molar-refractivity contribution in [2.75, 3.05) is 5.32 Å². The van der Waals surface area contributed by atoms with Crippen molar-refractivity contribution >= 4 is 17.4 Å². The monoisotopic (exact) mass is 225 g/mol. The van der Waals surface area contributed by atoms with E-state index in [1.807, 2.05) is 6.92 Å². The largest absolute Gasteiger partial charge is 0.364 e. The van der Waals surface area contributed by atoms with Gasteiger partial charge in [0.1, 0.15) is 16.8 Å². The van der Waals surface area contributed by atoms with Crippen LogP contribution in [0, 0.1) is 12.8 Å². The third-order valence-electron chi connectivity index (χ3n) is 3.08. The number of halogens is 1. The normalized spacial score (nSPS) is 17.9. The molecule has 0 bridgehead atoms. The van der Waals surface area contributed by atoms with Crippen LogP contribution in [0.15, 0.2) is 6.07 Å². The van der Waals surface area contributed by atoms with Crippen LogP contribution < -0.4 is 5.32 Å². The highest BCUT2D eigenvalue weighted by Crippen LogP contribution is 2.44. The number of aryl methyl sites for hydroxylation is 1. The van der Waals surface area contributed by atoms with Gasteiger partial charge in [0.2, 0.25) is 0 Å². The molecule has 1 heterocycles. The molecule has 1 aromatic heterocycles. The zero-order valence-electron chi connectivity index (χ0n) is 9.34. The number of nitrogens with one attached hydrogen (secondary N) is 1. The first-order valence-electron chi connectivity index (χ1n) is 5.31. The summed E-state index contributed by atoms with van der Waals surface area (Å²) in [6.07, 6.45) is 2.43. The average molecular weight is 226 g/mol. The van der Waals surface area contributed by atoms with Gasteiger partial charge in [-0.05, 0) is 25.7 Å². The van der Waals surface area contributed by atoms with E-state index in [9.17, 15) is 0 Å². The minimum atomic E-state index is 0.240. The van der Waals surface area contributed by atoms with Gasteiger partial charge in [-0.15, -0.1) is 0 Å². The molecule has 0 radical (unpaired) electrons. The standard InChI is InChI=1S/C11H16ClN3/c1-7(2)11(4-5-11)15-10-6-9(12)13-8(3)14-10/h6-7H,4-5H2,1-3H3,(H,13,14,15). The van der Waals surface area contributed by atoms with Crippen LogP contribution >= 0.6 is 11.6 Å². The van der Waals surface area contributed by atoms with Crippen LogP contribution in [-0.4, -0.2) is 15.5 Å². The van der Waals surface area contributed by atoms with Gasteiger partial charge in [0.05, 0.1) is 0 Å². The predicted molar refractivity (Wildman–Crippen MR) is 62.2 cm³/mol. The number of rotatable bonds is 3. The van der Waals surface area contributed by atoms with Crippen LogP contribution in [0.5, 0.6) is 0 Å². The molecule has 1 aliphatic carbocycles. The Morgan fingerprint density at radius 1 is 1.40 bits per heavy atom. The molecule has 0 atom stereocenters. The van der Waals surface area contributed by atoms with E-state index in [1.165, 1.54) is 12.8 Å². The quantitative estimate of drug-likeness (QED) is 0.804. The summed E-state index contributed by atoms with van der Waals surface area (Å²) in [7, 11) is 0. The van der Waals surface area contributed by atoms with E-state index in [2.05, 4.69) is 29.1 Å². The van der Waals surface area contributed by atoms with Crippen LogP contribution in [-0.2, 0) is 0 Å². The Morgan fingerprint density at radius 3 is 2.53 bits per heavy atom. The molecular formula is C11H16ClN3. The Morgan fingerprint density at radius 2 is 2.07 bits per heavy atom. The van der Waals surface area contributed by atoms with Crippen LogP contribution in [0.2, 0.25) is 5.15 Å². The lowest BCUT2D eigenvalue weighted by atomic mass is 10.0. The molecule has 0 aromatic carbocycles. The molecule has 82 valence electrons. The molecule has 3 nitrogen and oxygen atoms in total. The maximum atomic E-state index is 5.89. The molecular weight excluding hydrogens is 210 g/mol. The Kier molecular flexibility index (Phi) is 2.59. The van der Waals surface area contributed by atoms with Crippen molar-refractivity contribution in [3.63, 3.8) is 0 Å². The van der Waals surface area contributed by atoms with Crippen molar-refractivity contribution < 1.29 is 0 Å². The molecule has 2 rings (SSSR count). The maximum Gasteiger partial charge on any atom is 0.134 e. The van der Waals surface area contributed by atoms with Gasteiger partial charge in [-0.3, -0.25) is 0 Å². The van der Waals surface area contributed by atoms with Gasteiger partial charge in [0.15, 0.2) is 0 Å². The maximum absolute atomic E-state index is 5.89. The van der Waals surface area contributed by atoms with E-state index < -0.39 is 0 Å².